The number of hydrogen-bond acceptors (Lipinski definition) is 11. The lowest BCUT2D eigenvalue weighted by Gasteiger charge is -2.44. The number of benzene rings is 1. The number of nitrogens with one attached hydrogen (secondary N) is 1. The molecule has 1 aromatic rings. The number of hydrogen-bond donors (Lipinski definition) is 1. The zero-order valence-corrected chi connectivity index (χ0v) is 21.7. The van der Waals surface area contributed by atoms with Crippen molar-refractivity contribution in [3.63, 3.8) is 0 Å². The highest BCUT2D eigenvalue weighted by Gasteiger charge is 2.51. The fourth-order valence-corrected chi connectivity index (χ4v) is 3.74. The van der Waals surface area contributed by atoms with Gasteiger partial charge in [0.05, 0.1) is 0 Å². The van der Waals surface area contributed by atoms with Gasteiger partial charge >= 0.3 is 30.0 Å². The highest BCUT2D eigenvalue weighted by Crippen LogP contribution is 2.31. The first-order chi connectivity index (χ1) is 18.1. The molecule has 0 aromatic heterocycles. The molecule has 1 amide bonds. The predicted octanol–water partition coefficient (Wildman–Crippen LogP) is 1.98. The Morgan fingerprint density at radius 3 is 1.92 bits per heavy atom. The first-order valence-electron chi connectivity index (χ1n) is 12.0. The number of amides is 1. The quantitative estimate of drug-likeness (QED) is 0.251. The third kappa shape index (κ3) is 10.6. The summed E-state index contributed by atoms with van der Waals surface area (Å²) in [6.45, 7) is 4.65. The third-order valence-corrected chi connectivity index (χ3v) is 5.20. The van der Waals surface area contributed by atoms with Gasteiger partial charge in [-0.2, -0.15) is 0 Å². The van der Waals surface area contributed by atoms with E-state index in [0.717, 1.165) is 19.4 Å². The first-order valence-corrected chi connectivity index (χ1v) is 12.0. The molecule has 1 heterocycles. The average molecular weight is 536 g/mol. The molecule has 0 radical (unpaired) electrons. The Morgan fingerprint density at radius 1 is 0.763 bits per heavy atom. The van der Waals surface area contributed by atoms with Crippen LogP contribution >= 0.6 is 0 Å². The smallest absolute Gasteiger partial charge is 0.407 e. The van der Waals surface area contributed by atoms with Gasteiger partial charge in [0.2, 0.25) is 0 Å². The van der Waals surface area contributed by atoms with Crippen molar-refractivity contribution in [3.8, 4) is 0 Å². The van der Waals surface area contributed by atoms with Crippen LogP contribution < -0.4 is 5.32 Å². The predicted molar refractivity (Wildman–Crippen MR) is 130 cm³/mol. The summed E-state index contributed by atoms with van der Waals surface area (Å²) in [5, 5.41) is 2.58. The van der Waals surface area contributed by atoms with E-state index in [2.05, 4.69) is 5.32 Å². The van der Waals surface area contributed by atoms with Crippen LogP contribution in [0.4, 0.5) is 4.79 Å². The number of esters is 4. The van der Waals surface area contributed by atoms with Crippen LogP contribution in [0, 0.1) is 0 Å². The summed E-state index contributed by atoms with van der Waals surface area (Å²) in [6, 6.07) is 9.21. The van der Waals surface area contributed by atoms with Crippen LogP contribution in [-0.4, -0.2) is 73.6 Å². The number of ether oxygens (including phenoxy) is 6. The van der Waals surface area contributed by atoms with Crippen molar-refractivity contribution in [1.29, 1.82) is 0 Å². The van der Waals surface area contributed by atoms with Gasteiger partial charge in [-0.1, -0.05) is 42.5 Å². The third-order valence-electron chi connectivity index (χ3n) is 5.20. The fraction of sp³-hybridized carbons (Fsp3) is 0.500. The van der Waals surface area contributed by atoms with E-state index in [9.17, 15) is 24.0 Å². The molecule has 0 aliphatic carbocycles. The fourth-order valence-electron chi connectivity index (χ4n) is 3.74. The van der Waals surface area contributed by atoms with E-state index in [4.69, 9.17) is 28.4 Å². The normalized spacial score (nSPS) is 22.7. The summed E-state index contributed by atoms with van der Waals surface area (Å²) < 4.78 is 32.3. The van der Waals surface area contributed by atoms with Gasteiger partial charge in [0, 0.05) is 34.2 Å². The topological polar surface area (TPSA) is 153 Å². The van der Waals surface area contributed by atoms with Gasteiger partial charge in [0.25, 0.3) is 0 Å². The molecular weight excluding hydrogens is 502 g/mol. The van der Waals surface area contributed by atoms with E-state index in [1.165, 1.54) is 13.8 Å². The number of carbonyl (C=O) groups excluding carboxylic acids is 5. The Morgan fingerprint density at radius 2 is 1.34 bits per heavy atom. The molecule has 0 unspecified atom stereocenters. The summed E-state index contributed by atoms with van der Waals surface area (Å²) in [7, 11) is 0. The minimum Gasteiger partial charge on any atom is -0.463 e. The maximum atomic E-state index is 11.9. The molecule has 1 aromatic carbocycles. The molecule has 0 spiro atoms. The van der Waals surface area contributed by atoms with E-state index in [1.54, 1.807) is 12.2 Å². The van der Waals surface area contributed by atoms with Crippen LogP contribution in [0.5, 0.6) is 0 Å². The lowest BCUT2D eigenvalue weighted by Crippen LogP contribution is -2.62. The molecule has 12 nitrogen and oxygen atoms in total. The molecule has 1 aliphatic heterocycles. The molecule has 5 atom stereocenters. The van der Waals surface area contributed by atoms with Crippen LogP contribution in [0.3, 0.4) is 0 Å². The standard InChI is InChI=1S/C26H33NO11/c1-16(28)33-15-22-24(36-18(3)30)25(37-19(4)31)23(35-17(2)29)21(38-22)12-8-9-13-27-26(32)34-14-20-10-6-5-7-11-20/h5-11,21-25H,12-15H2,1-4H3,(H,27,32)/b9-8+/t21-,22-,23+,24+,25-/m1/s1. The highest BCUT2D eigenvalue weighted by atomic mass is 16.7. The highest BCUT2D eigenvalue weighted by molar-refractivity contribution is 5.69. The zero-order chi connectivity index (χ0) is 28.1. The van der Waals surface area contributed by atoms with Gasteiger partial charge in [-0.05, 0) is 12.0 Å². The van der Waals surface area contributed by atoms with Crippen LogP contribution in [0.25, 0.3) is 0 Å². The van der Waals surface area contributed by atoms with E-state index < -0.39 is 60.5 Å². The summed E-state index contributed by atoms with van der Waals surface area (Å²) >= 11 is 0. The van der Waals surface area contributed by atoms with Crippen LogP contribution in [0.1, 0.15) is 39.7 Å². The molecule has 2 rings (SSSR count). The zero-order valence-electron chi connectivity index (χ0n) is 21.7. The first kappa shape index (κ1) is 30.3. The van der Waals surface area contributed by atoms with Crippen LogP contribution in [-0.2, 0) is 54.2 Å². The largest absolute Gasteiger partial charge is 0.463 e. The van der Waals surface area contributed by atoms with Crippen molar-refractivity contribution in [3.05, 3.63) is 48.0 Å². The summed E-state index contributed by atoms with van der Waals surface area (Å²) in [5.41, 5.74) is 0.849. The molecule has 1 aliphatic rings. The molecular formula is C26H33NO11. The summed E-state index contributed by atoms with van der Waals surface area (Å²) in [6.07, 6.45) is -2.59. The van der Waals surface area contributed by atoms with Crippen LogP contribution in [0.2, 0.25) is 0 Å². The Hall–Kier alpha value is -3.93. The van der Waals surface area contributed by atoms with Crippen molar-refractivity contribution in [2.75, 3.05) is 13.2 Å². The van der Waals surface area contributed by atoms with Crippen LogP contribution in [0.15, 0.2) is 42.5 Å². The average Bonchev–Trinajstić information content (AvgIpc) is 2.84. The number of rotatable bonds is 11. The second kappa shape index (κ2) is 15.4. The van der Waals surface area contributed by atoms with Gasteiger partial charge in [-0.15, -0.1) is 0 Å². The van der Waals surface area contributed by atoms with E-state index in [1.807, 2.05) is 30.3 Å². The maximum absolute atomic E-state index is 11.9. The SMILES string of the molecule is CC(=O)OC[C@H]1O[C@H](C/C=C/CNC(=O)OCc2ccccc2)[C@H](OC(C)=O)[C@@H](OC(C)=O)[C@H]1OC(C)=O. The second-order valence-electron chi connectivity index (χ2n) is 8.39. The minimum atomic E-state index is -1.22. The van der Waals surface area contributed by atoms with Crippen molar-refractivity contribution in [1.82, 2.24) is 5.32 Å². The van der Waals surface area contributed by atoms with Gasteiger partial charge in [0.1, 0.15) is 25.4 Å². The van der Waals surface area contributed by atoms with Gasteiger partial charge < -0.3 is 33.7 Å². The molecule has 12 heteroatoms. The van der Waals surface area contributed by atoms with Gasteiger partial charge in [0.15, 0.2) is 18.3 Å². The Kier molecular flexibility index (Phi) is 12.2. The Labute approximate surface area is 220 Å². The second-order valence-corrected chi connectivity index (χ2v) is 8.39. The van der Waals surface area contributed by atoms with E-state index in [0.29, 0.717) is 0 Å². The Balaban J connectivity index is 2.08. The molecule has 38 heavy (non-hydrogen) atoms. The van der Waals surface area contributed by atoms with Crippen molar-refractivity contribution in [2.24, 2.45) is 0 Å². The van der Waals surface area contributed by atoms with Gasteiger partial charge in [-0.25, -0.2) is 4.79 Å². The maximum Gasteiger partial charge on any atom is 0.407 e. The number of alkyl carbamates (subject to hydrolysis) is 1. The minimum absolute atomic E-state index is 0.126. The number of carbonyl (C=O) groups is 5. The summed E-state index contributed by atoms with van der Waals surface area (Å²) in [5.74, 6) is -2.67. The lowest BCUT2D eigenvalue weighted by molar-refractivity contribution is -0.251. The molecule has 1 fully saturated rings. The monoisotopic (exact) mass is 535 g/mol. The van der Waals surface area contributed by atoms with Crippen molar-refractivity contribution in [2.45, 2.75) is 71.2 Å². The lowest BCUT2D eigenvalue weighted by atomic mass is 9.92. The van der Waals surface area contributed by atoms with E-state index in [-0.39, 0.29) is 26.2 Å². The molecule has 0 bridgehead atoms. The van der Waals surface area contributed by atoms with E-state index >= 15 is 0 Å². The Bertz CT molecular complexity index is 994. The molecule has 208 valence electrons. The molecule has 1 saturated heterocycles. The molecule has 0 saturated carbocycles. The summed E-state index contributed by atoms with van der Waals surface area (Å²) in [4.78, 5) is 58.8. The van der Waals surface area contributed by atoms with Gasteiger partial charge in [-0.3, -0.25) is 19.2 Å². The van der Waals surface area contributed by atoms with Crippen molar-refractivity contribution < 1.29 is 52.4 Å². The van der Waals surface area contributed by atoms with Crippen molar-refractivity contribution >= 4 is 30.0 Å². The molecule has 1 N–H and O–H groups in total.